The Morgan fingerprint density at radius 3 is 1.86 bits per heavy atom. The molecule has 0 aromatic heterocycles. The number of aliphatic carboxylic acids is 1. The van der Waals surface area contributed by atoms with E-state index in [-0.39, 0.29) is 37.2 Å². The van der Waals surface area contributed by atoms with Gasteiger partial charge >= 0.3 is 5.97 Å². The number of hydrogen-bond donors (Lipinski definition) is 7. The first-order chi connectivity index (χ1) is 16.1. The lowest BCUT2D eigenvalue weighted by molar-refractivity contribution is -0.143. The second kappa shape index (κ2) is 15.5. The molecule has 0 heterocycles. The number of rotatable bonds is 15. The molecule has 9 N–H and O–H groups in total. The molecule has 4 amide bonds. The number of carboxylic acid groups (broad SMARTS) is 1. The number of carbonyl (C=O) groups excluding carboxylic acids is 4. The monoisotopic (exact) mass is 499 g/mol. The lowest BCUT2D eigenvalue weighted by Crippen LogP contribution is -2.58. The van der Waals surface area contributed by atoms with E-state index >= 15 is 0 Å². The van der Waals surface area contributed by atoms with Crippen molar-refractivity contribution in [2.75, 3.05) is 6.54 Å². The number of guanidine groups is 1. The maximum Gasteiger partial charge on any atom is 0.326 e. The third kappa shape index (κ3) is 13.2. The van der Waals surface area contributed by atoms with Gasteiger partial charge in [-0.1, -0.05) is 27.7 Å². The van der Waals surface area contributed by atoms with Crippen LogP contribution in [0.15, 0.2) is 4.99 Å². The number of amides is 4. The van der Waals surface area contributed by atoms with Crippen LogP contribution in [0.25, 0.3) is 0 Å². The summed E-state index contributed by atoms with van der Waals surface area (Å²) in [6.07, 6.45) is 0.724. The van der Waals surface area contributed by atoms with Gasteiger partial charge in [0.05, 0.1) is 0 Å². The van der Waals surface area contributed by atoms with E-state index in [0.29, 0.717) is 6.42 Å². The fraction of sp³-hybridized carbons (Fsp3) is 0.727. The van der Waals surface area contributed by atoms with Crippen molar-refractivity contribution in [3.8, 4) is 0 Å². The smallest absolute Gasteiger partial charge is 0.326 e. The zero-order chi connectivity index (χ0) is 27.3. The van der Waals surface area contributed by atoms with Crippen LogP contribution in [0.1, 0.15) is 60.8 Å². The highest BCUT2D eigenvalue weighted by molar-refractivity contribution is 5.94. The molecule has 0 fully saturated rings. The fourth-order valence-corrected chi connectivity index (χ4v) is 3.18. The van der Waals surface area contributed by atoms with Gasteiger partial charge in [-0.05, 0) is 38.0 Å². The Labute approximate surface area is 206 Å². The molecule has 0 rings (SSSR count). The number of aliphatic imine (C=N–C) groups is 1. The maximum absolute atomic E-state index is 13.1. The van der Waals surface area contributed by atoms with Crippen LogP contribution in [-0.4, -0.2) is 71.4 Å². The summed E-state index contributed by atoms with van der Waals surface area (Å²) in [4.78, 5) is 65.1. The molecular weight excluding hydrogens is 458 g/mol. The third-order valence-corrected chi connectivity index (χ3v) is 4.96. The lowest BCUT2D eigenvalue weighted by atomic mass is 9.99. The van der Waals surface area contributed by atoms with Gasteiger partial charge in [-0.2, -0.15) is 0 Å². The second-order valence-electron chi connectivity index (χ2n) is 9.19. The Bertz CT molecular complexity index is 780. The molecule has 0 spiro atoms. The summed E-state index contributed by atoms with van der Waals surface area (Å²) in [6.45, 7) is 10.0. The minimum absolute atomic E-state index is 0.0268. The van der Waals surface area contributed by atoms with Crippen molar-refractivity contribution in [3.05, 3.63) is 0 Å². The molecule has 0 saturated carbocycles. The number of carbonyl (C=O) groups is 5. The van der Waals surface area contributed by atoms with Crippen LogP contribution >= 0.6 is 0 Å². The van der Waals surface area contributed by atoms with Crippen molar-refractivity contribution in [3.63, 3.8) is 0 Å². The van der Waals surface area contributed by atoms with E-state index in [1.54, 1.807) is 13.8 Å². The summed E-state index contributed by atoms with van der Waals surface area (Å²) >= 11 is 0. The van der Waals surface area contributed by atoms with Gasteiger partial charge in [0.2, 0.25) is 23.6 Å². The molecule has 0 aromatic rings. The van der Waals surface area contributed by atoms with Gasteiger partial charge in [-0.25, -0.2) is 4.79 Å². The predicted molar refractivity (Wildman–Crippen MR) is 131 cm³/mol. The summed E-state index contributed by atoms with van der Waals surface area (Å²) in [6, 6.07) is -4.08. The van der Waals surface area contributed by atoms with Gasteiger partial charge < -0.3 is 37.8 Å². The molecule has 35 heavy (non-hydrogen) atoms. The highest BCUT2D eigenvalue weighted by atomic mass is 16.4. The van der Waals surface area contributed by atoms with E-state index in [9.17, 15) is 29.1 Å². The topological polar surface area (TPSA) is 218 Å². The van der Waals surface area contributed by atoms with E-state index < -0.39 is 53.8 Å². The van der Waals surface area contributed by atoms with E-state index in [4.69, 9.17) is 11.5 Å². The van der Waals surface area contributed by atoms with E-state index in [2.05, 4.69) is 26.3 Å². The Morgan fingerprint density at radius 2 is 1.40 bits per heavy atom. The molecule has 0 aliphatic rings. The SMILES string of the molecule is CC(=O)N[C@@H](C)C(=O)N[C@@H](CCCN=C(N)N)C(=O)N[C@H](C(=O)N[C@@H](CC(C)C)C(=O)O)C(C)C. The van der Waals surface area contributed by atoms with E-state index in [1.807, 2.05) is 13.8 Å². The van der Waals surface area contributed by atoms with Crippen molar-refractivity contribution in [2.45, 2.75) is 85.0 Å². The Kier molecular flexibility index (Phi) is 14.0. The summed E-state index contributed by atoms with van der Waals surface area (Å²) < 4.78 is 0. The van der Waals surface area contributed by atoms with Crippen LogP contribution in [0.4, 0.5) is 0 Å². The van der Waals surface area contributed by atoms with Gasteiger partial charge in [0, 0.05) is 13.5 Å². The molecule has 0 bridgehead atoms. The number of nitrogens with zero attached hydrogens (tertiary/aromatic N) is 1. The van der Waals surface area contributed by atoms with Gasteiger partial charge in [0.15, 0.2) is 5.96 Å². The molecule has 0 aliphatic carbocycles. The van der Waals surface area contributed by atoms with Gasteiger partial charge in [0.25, 0.3) is 0 Å². The quantitative estimate of drug-likeness (QED) is 0.0822. The van der Waals surface area contributed by atoms with E-state index in [1.165, 1.54) is 13.8 Å². The molecule has 200 valence electrons. The molecule has 0 aromatic carbocycles. The zero-order valence-corrected chi connectivity index (χ0v) is 21.4. The van der Waals surface area contributed by atoms with Crippen LogP contribution in [-0.2, 0) is 24.0 Å². The van der Waals surface area contributed by atoms with Crippen LogP contribution in [0, 0.1) is 11.8 Å². The van der Waals surface area contributed by atoms with Crippen molar-refractivity contribution in [1.82, 2.24) is 21.3 Å². The fourth-order valence-electron chi connectivity index (χ4n) is 3.18. The second-order valence-corrected chi connectivity index (χ2v) is 9.19. The molecular formula is C22H41N7O6. The van der Waals surface area contributed by atoms with Crippen LogP contribution in [0.3, 0.4) is 0 Å². The highest BCUT2D eigenvalue weighted by Gasteiger charge is 2.32. The average Bonchev–Trinajstić information content (AvgIpc) is 2.71. The largest absolute Gasteiger partial charge is 0.480 e. The van der Waals surface area contributed by atoms with Crippen molar-refractivity contribution in [2.24, 2.45) is 28.3 Å². The summed E-state index contributed by atoms with van der Waals surface area (Å²) in [5.74, 6) is -3.90. The number of hydrogen-bond acceptors (Lipinski definition) is 6. The van der Waals surface area contributed by atoms with Crippen LogP contribution < -0.4 is 32.7 Å². The van der Waals surface area contributed by atoms with Crippen LogP contribution in [0.5, 0.6) is 0 Å². The Morgan fingerprint density at radius 1 is 0.829 bits per heavy atom. The van der Waals surface area contributed by atoms with Crippen molar-refractivity contribution < 1.29 is 29.1 Å². The van der Waals surface area contributed by atoms with Gasteiger partial charge in [-0.15, -0.1) is 0 Å². The predicted octanol–water partition coefficient (Wildman–Crippen LogP) is -1.19. The van der Waals surface area contributed by atoms with Crippen molar-refractivity contribution in [1.29, 1.82) is 0 Å². The highest BCUT2D eigenvalue weighted by Crippen LogP contribution is 2.09. The standard InChI is InChI=1S/C22H41N7O6/c1-11(2)10-16(21(34)35)28-20(33)17(12(3)4)29-19(32)15(8-7-9-25-22(23)24)27-18(31)13(5)26-14(6)30/h11-13,15-17H,7-10H2,1-6H3,(H,26,30)(H,27,31)(H,28,33)(H,29,32)(H,34,35)(H4,23,24,25)/t13-,15-,16-,17-/m0/s1. The van der Waals surface area contributed by atoms with E-state index in [0.717, 1.165) is 0 Å². The van der Waals surface area contributed by atoms with Gasteiger partial charge in [0.1, 0.15) is 24.2 Å². The summed E-state index contributed by atoms with van der Waals surface area (Å²) in [7, 11) is 0. The number of nitrogens with two attached hydrogens (primary N) is 2. The third-order valence-electron chi connectivity index (χ3n) is 4.96. The van der Waals surface area contributed by atoms with Crippen molar-refractivity contribution >= 4 is 35.6 Å². The minimum Gasteiger partial charge on any atom is -0.480 e. The number of carboxylic acids is 1. The molecule has 0 radical (unpaired) electrons. The average molecular weight is 500 g/mol. The first-order valence-corrected chi connectivity index (χ1v) is 11.6. The Balaban J connectivity index is 5.55. The molecule has 0 saturated heterocycles. The minimum atomic E-state index is -1.17. The first kappa shape index (κ1) is 31.6. The van der Waals surface area contributed by atoms with Crippen LogP contribution in [0.2, 0.25) is 0 Å². The summed E-state index contributed by atoms with van der Waals surface area (Å²) in [5.41, 5.74) is 10.6. The first-order valence-electron chi connectivity index (χ1n) is 11.6. The summed E-state index contributed by atoms with van der Waals surface area (Å²) in [5, 5.41) is 19.5. The molecule has 13 nitrogen and oxygen atoms in total. The lowest BCUT2D eigenvalue weighted by Gasteiger charge is -2.27. The molecule has 4 atom stereocenters. The molecule has 0 aliphatic heterocycles. The normalized spacial score (nSPS) is 14.3. The van der Waals surface area contributed by atoms with Gasteiger partial charge in [-0.3, -0.25) is 24.2 Å². The number of nitrogens with one attached hydrogen (secondary N) is 4. The molecule has 13 heteroatoms. The maximum atomic E-state index is 13.1. The molecule has 0 unspecified atom stereocenters. The Hall–Kier alpha value is -3.38. The zero-order valence-electron chi connectivity index (χ0n) is 21.4.